The van der Waals surface area contributed by atoms with E-state index in [9.17, 15) is 4.79 Å². The lowest BCUT2D eigenvalue weighted by atomic mass is 10.2. The Balaban J connectivity index is 2.25. The van der Waals surface area contributed by atoms with Gasteiger partial charge < -0.3 is 15.8 Å². The highest BCUT2D eigenvalue weighted by atomic mass is 16.5. The molecule has 2 rings (SSSR count). The number of rotatable bonds is 3. The Bertz CT molecular complexity index is 593. The number of aromatic nitrogens is 2. The zero-order chi connectivity index (χ0) is 13.8. The van der Waals surface area contributed by atoms with Gasteiger partial charge in [0.25, 0.3) is 0 Å². The first kappa shape index (κ1) is 12.8. The molecule has 19 heavy (non-hydrogen) atoms. The number of nitrogens with one attached hydrogen (secondary N) is 1. The minimum atomic E-state index is -0.387. The molecule has 0 aliphatic rings. The average molecular weight is 258 g/mol. The van der Waals surface area contributed by atoms with E-state index in [-0.39, 0.29) is 11.9 Å². The van der Waals surface area contributed by atoms with Crippen LogP contribution < -0.4 is 11.1 Å². The normalized spacial score (nSPS) is 10.0. The Labute approximate surface area is 110 Å². The van der Waals surface area contributed by atoms with Crippen LogP contribution in [0.15, 0.2) is 30.3 Å². The number of carbonyl (C=O) groups is 1. The molecule has 6 heteroatoms. The monoisotopic (exact) mass is 258 g/mol. The number of hydrogen-bond donors (Lipinski definition) is 2. The fourth-order valence-electron chi connectivity index (χ4n) is 1.65. The Morgan fingerprint density at radius 1 is 1.32 bits per heavy atom. The first-order valence-corrected chi connectivity index (χ1v) is 5.65. The van der Waals surface area contributed by atoms with Crippen LogP contribution in [0.2, 0.25) is 0 Å². The SMILES string of the molecule is COC(=O)c1cccc(Nc2cc(C)nc(N)n2)c1. The topological polar surface area (TPSA) is 90.1 Å². The van der Waals surface area contributed by atoms with Crippen LogP contribution in [0.4, 0.5) is 17.5 Å². The Kier molecular flexibility index (Phi) is 3.61. The number of nitrogen functional groups attached to an aromatic ring is 1. The number of esters is 1. The summed E-state index contributed by atoms with van der Waals surface area (Å²) in [7, 11) is 1.34. The molecule has 0 fully saturated rings. The number of hydrogen-bond acceptors (Lipinski definition) is 6. The maximum atomic E-state index is 11.4. The van der Waals surface area contributed by atoms with Crippen LogP contribution in [0.5, 0.6) is 0 Å². The summed E-state index contributed by atoms with van der Waals surface area (Å²) in [5.74, 6) is 0.390. The molecule has 0 saturated carbocycles. The lowest BCUT2D eigenvalue weighted by Crippen LogP contribution is -2.03. The number of aryl methyl sites for hydroxylation is 1. The Hall–Kier alpha value is -2.63. The molecule has 2 aromatic rings. The van der Waals surface area contributed by atoms with Crippen molar-refractivity contribution in [3.63, 3.8) is 0 Å². The second-order valence-electron chi connectivity index (χ2n) is 3.95. The highest BCUT2D eigenvalue weighted by Crippen LogP contribution is 2.17. The maximum absolute atomic E-state index is 11.4. The van der Waals surface area contributed by atoms with E-state index in [1.165, 1.54) is 7.11 Å². The largest absolute Gasteiger partial charge is 0.465 e. The molecular weight excluding hydrogens is 244 g/mol. The molecule has 0 saturated heterocycles. The summed E-state index contributed by atoms with van der Waals surface area (Å²) in [5, 5.41) is 3.07. The third-order valence-electron chi connectivity index (χ3n) is 2.43. The van der Waals surface area contributed by atoms with Gasteiger partial charge in [0.1, 0.15) is 5.82 Å². The minimum absolute atomic E-state index is 0.201. The van der Waals surface area contributed by atoms with Crippen LogP contribution in [-0.2, 0) is 4.74 Å². The summed E-state index contributed by atoms with van der Waals surface area (Å²) in [6.07, 6.45) is 0. The molecule has 0 aliphatic carbocycles. The highest BCUT2D eigenvalue weighted by Gasteiger charge is 2.06. The summed E-state index contributed by atoms with van der Waals surface area (Å²) in [5.41, 5.74) is 7.53. The highest BCUT2D eigenvalue weighted by molar-refractivity contribution is 5.90. The molecule has 0 unspecified atom stereocenters. The zero-order valence-electron chi connectivity index (χ0n) is 10.7. The number of ether oxygens (including phenoxy) is 1. The van der Waals surface area contributed by atoms with E-state index in [4.69, 9.17) is 5.73 Å². The number of carbonyl (C=O) groups excluding carboxylic acids is 1. The smallest absolute Gasteiger partial charge is 0.337 e. The summed E-state index contributed by atoms with van der Waals surface area (Å²) in [6, 6.07) is 8.70. The lowest BCUT2D eigenvalue weighted by Gasteiger charge is -2.08. The van der Waals surface area contributed by atoms with Crippen molar-refractivity contribution in [2.45, 2.75) is 6.92 Å². The first-order valence-electron chi connectivity index (χ1n) is 5.65. The second kappa shape index (κ2) is 5.34. The molecule has 0 bridgehead atoms. The van der Waals surface area contributed by atoms with E-state index < -0.39 is 0 Å². The molecule has 3 N–H and O–H groups in total. The van der Waals surface area contributed by atoms with E-state index in [1.807, 2.05) is 13.0 Å². The van der Waals surface area contributed by atoms with E-state index in [1.54, 1.807) is 24.3 Å². The molecule has 0 spiro atoms. The van der Waals surface area contributed by atoms with Gasteiger partial charge >= 0.3 is 5.97 Å². The van der Waals surface area contributed by atoms with Crippen molar-refractivity contribution in [3.8, 4) is 0 Å². The number of nitrogens with zero attached hydrogens (tertiary/aromatic N) is 2. The average Bonchev–Trinajstić information content (AvgIpc) is 2.37. The molecule has 1 aromatic heterocycles. The third kappa shape index (κ3) is 3.19. The second-order valence-corrected chi connectivity index (χ2v) is 3.95. The van der Waals surface area contributed by atoms with Crippen molar-refractivity contribution >= 4 is 23.4 Å². The zero-order valence-corrected chi connectivity index (χ0v) is 10.7. The van der Waals surface area contributed by atoms with Crippen molar-refractivity contribution in [1.29, 1.82) is 0 Å². The molecule has 0 amide bonds. The van der Waals surface area contributed by atoms with Crippen molar-refractivity contribution in [2.75, 3.05) is 18.2 Å². The van der Waals surface area contributed by atoms with E-state index in [2.05, 4.69) is 20.0 Å². The summed E-state index contributed by atoms with van der Waals surface area (Å²) in [6.45, 7) is 1.83. The first-order chi connectivity index (χ1) is 9.08. The summed E-state index contributed by atoms with van der Waals surface area (Å²) in [4.78, 5) is 19.5. The van der Waals surface area contributed by atoms with Crippen molar-refractivity contribution in [3.05, 3.63) is 41.6 Å². The van der Waals surface area contributed by atoms with Gasteiger partial charge in [-0.1, -0.05) is 6.07 Å². The van der Waals surface area contributed by atoms with Gasteiger partial charge in [0.2, 0.25) is 5.95 Å². The van der Waals surface area contributed by atoms with Crippen molar-refractivity contribution < 1.29 is 9.53 Å². The molecule has 1 aromatic carbocycles. The molecule has 0 atom stereocenters. The van der Waals surface area contributed by atoms with Crippen LogP contribution in [-0.4, -0.2) is 23.0 Å². The van der Waals surface area contributed by atoms with Crippen LogP contribution in [0, 0.1) is 6.92 Å². The lowest BCUT2D eigenvalue weighted by molar-refractivity contribution is 0.0601. The van der Waals surface area contributed by atoms with Gasteiger partial charge in [-0.2, -0.15) is 4.98 Å². The summed E-state index contributed by atoms with van der Waals surface area (Å²) >= 11 is 0. The number of benzene rings is 1. The van der Waals surface area contributed by atoms with E-state index in [0.717, 1.165) is 11.4 Å². The van der Waals surface area contributed by atoms with Crippen LogP contribution in [0.25, 0.3) is 0 Å². The van der Waals surface area contributed by atoms with Crippen LogP contribution >= 0.6 is 0 Å². The quantitative estimate of drug-likeness (QED) is 0.817. The van der Waals surface area contributed by atoms with Gasteiger partial charge in [-0.3, -0.25) is 0 Å². The molecule has 0 aliphatic heterocycles. The van der Waals surface area contributed by atoms with Crippen molar-refractivity contribution in [2.24, 2.45) is 0 Å². The van der Waals surface area contributed by atoms with Crippen LogP contribution in [0.1, 0.15) is 16.1 Å². The van der Waals surface area contributed by atoms with Crippen molar-refractivity contribution in [1.82, 2.24) is 9.97 Å². The minimum Gasteiger partial charge on any atom is -0.465 e. The third-order valence-corrected chi connectivity index (χ3v) is 2.43. The Morgan fingerprint density at radius 3 is 2.79 bits per heavy atom. The fraction of sp³-hybridized carbons (Fsp3) is 0.154. The van der Waals surface area contributed by atoms with E-state index in [0.29, 0.717) is 11.4 Å². The van der Waals surface area contributed by atoms with Gasteiger partial charge in [-0.15, -0.1) is 0 Å². The Morgan fingerprint density at radius 2 is 2.11 bits per heavy atom. The fourth-order valence-corrected chi connectivity index (χ4v) is 1.65. The number of methoxy groups -OCH3 is 1. The predicted molar refractivity (Wildman–Crippen MR) is 72.2 cm³/mol. The van der Waals surface area contributed by atoms with Gasteiger partial charge in [0.05, 0.1) is 12.7 Å². The number of nitrogens with two attached hydrogens (primary N) is 1. The molecular formula is C13H14N4O2. The maximum Gasteiger partial charge on any atom is 0.337 e. The van der Waals surface area contributed by atoms with Gasteiger partial charge in [0, 0.05) is 17.4 Å². The van der Waals surface area contributed by atoms with Gasteiger partial charge in [0.15, 0.2) is 0 Å². The van der Waals surface area contributed by atoms with E-state index >= 15 is 0 Å². The molecule has 1 heterocycles. The van der Waals surface area contributed by atoms with Gasteiger partial charge in [-0.25, -0.2) is 9.78 Å². The van der Waals surface area contributed by atoms with Crippen LogP contribution in [0.3, 0.4) is 0 Å². The molecule has 6 nitrogen and oxygen atoms in total. The standard InChI is InChI=1S/C13H14N4O2/c1-8-6-11(17-13(14)15-8)16-10-5-3-4-9(7-10)12(18)19-2/h3-7H,1-2H3,(H3,14,15,16,17). The number of anilines is 3. The summed E-state index contributed by atoms with van der Waals surface area (Å²) < 4.78 is 4.67. The predicted octanol–water partition coefficient (Wildman–Crippen LogP) is 1.90. The molecule has 98 valence electrons. The molecule has 0 radical (unpaired) electrons. The van der Waals surface area contributed by atoms with Gasteiger partial charge in [-0.05, 0) is 25.1 Å².